The summed E-state index contributed by atoms with van der Waals surface area (Å²) < 4.78 is 0. The molecular formula is C12H16N4O. The zero-order valence-corrected chi connectivity index (χ0v) is 9.73. The lowest BCUT2D eigenvalue weighted by atomic mass is 9.86. The number of rotatable bonds is 1. The van der Waals surface area contributed by atoms with Gasteiger partial charge in [0.2, 0.25) is 0 Å². The van der Waals surface area contributed by atoms with Gasteiger partial charge in [0.1, 0.15) is 6.17 Å². The molecule has 0 amide bonds. The van der Waals surface area contributed by atoms with Crippen LogP contribution in [-0.4, -0.2) is 36.6 Å². The van der Waals surface area contributed by atoms with Crippen molar-refractivity contribution in [3.8, 4) is 0 Å². The molecule has 0 aromatic heterocycles. The van der Waals surface area contributed by atoms with Gasteiger partial charge in [0.15, 0.2) is 5.78 Å². The van der Waals surface area contributed by atoms with Gasteiger partial charge in [-0.1, -0.05) is 6.08 Å². The summed E-state index contributed by atoms with van der Waals surface area (Å²) >= 11 is 0. The molecule has 0 spiro atoms. The van der Waals surface area contributed by atoms with E-state index in [2.05, 4.69) is 22.1 Å². The topological polar surface area (TPSA) is 56.4 Å². The second kappa shape index (κ2) is 4.01. The molecule has 1 saturated heterocycles. The Bertz CT molecular complexity index is 438. The highest BCUT2D eigenvalue weighted by atomic mass is 16.1. The molecule has 0 saturated carbocycles. The van der Waals surface area contributed by atoms with Crippen molar-refractivity contribution in [1.82, 2.24) is 21.1 Å². The standard InChI is InChI=1S/C12H16N4O/c1-13-16-7-8-5-9(17)6-15-11(8)10-3-2-4-14-12(10)16/h2-4,7,11-15H,5-6H2,1H3. The molecule has 17 heavy (non-hydrogen) atoms. The highest BCUT2D eigenvalue weighted by Gasteiger charge is 2.36. The first-order valence-corrected chi connectivity index (χ1v) is 5.83. The highest BCUT2D eigenvalue weighted by Crippen LogP contribution is 2.29. The van der Waals surface area contributed by atoms with E-state index in [9.17, 15) is 4.79 Å². The van der Waals surface area contributed by atoms with Crippen LogP contribution in [-0.2, 0) is 4.79 Å². The normalized spacial score (nSPS) is 31.1. The van der Waals surface area contributed by atoms with Gasteiger partial charge < -0.3 is 5.32 Å². The van der Waals surface area contributed by atoms with E-state index in [1.165, 1.54) is 5.57 Å². The number of dihydropyridines is 1. The first-order valence-electron chi connectivity index (χ1n) is 5.83. The number of nitrogens with one attached hydrogen (secondary N) is 3. The average molecular weight is 232 g/mol. The Balaban J connectivity index is 1.99. The molecule has 0 bridgehead atoms. The van der Waals surface area contributed by atoms with E-state index >= 15 is 0 Å². The summed E-state index contributed by atoms with van der Waals surface area (Å²) in [6.45, 7) is 0.468. The van der Waals surface area contributed by atoms with E-state index in [0.29, 0.717) is 13.0 Å². The summed E-state index contributed by atoms with van der Waals surface area (Å²) in [5.41, 5.74) is 5.52. The van der Waals surface area contributed by atoms with E-state index in [-0.39, 0.29) is 18.0 Å². The third kappa shape index (κ3) is 1.67. The van der Waals surface area contributed by atoms with Crippen LogP contribution >= 0.6 is 0 Å². The predicted octanol–water partition coefficient (Wildman–Crippen LogP) is -0.379. The van der Waals surface area contributed by atoms with Crippen molar-refractivity contribution in [2.45, 2.75) is 18.6 Å². The van der Waals surface area contributed by atoms with Crippen molar-refractivity contribution in [1.29, 1.82) is 0 Å². The van der Waals surface area contributed by atoms with Crippen molar-refractivity contribution in [2.24, 2.45) is 0 Å². The molecule has 3 rings (SSSR count). The van der Waals surface area contributed by atoms with Gasteiger partial charge in [0.25, 0.3) is 0 Å². The van der Waals surface area contributed by atoms with Crippen molar-refractivity contribution in [2.75, 3.05) is 13.6 Å². The highest BCUT2D eigenvalue weighted by molar-refractivity contribution is 5.85. The van der Waals surface area contributed by atoms with Crippen LogP contribution in [0.4, 0.5) is 0 Å². The monoisotopic (exact) mass is 232 g/mol. The number of ketones is 1. The van der Waals surface area contributed by atoms with E-state index < -0.39 is 0 Å². The first kappa shape index (κ1) is 10.6. The zero-order chi connectivity index (χ0) is 11.8. The number of piperidine rings is 1. The number of nitrogens with zero attached hydrogens (tertiary/aromatic N) is 1. The number of Topliss-reactive ketones (excluding diaryl/α,β-unsaturated/α-hetero) is 1. The van der Waals surface area contributed by atoms with Crippen LogP contribution in [0.15, 0.2) is 35.7 Å². The van der Waals surface area contributed by atoms with Gasteiger partial charge in [-0.25, -0.2) is 5.43 Å². The minimum atomic E-state index is 0.124. The van der Waals surface area contributed by atoms with E-state index in [0.717, 1.165) is 5.57 Å². The summed E-state index contributed by atoms with van der Waals surface area (Å²) in [4.78, 5) is 11.5. The van der Waals surface area contributed by atoms with Crippen LogP contribution in [0.5, 0.6) is 0 Å². The zero-order valence-electron chi connectivity index (χ0n) is 9.73. The van der Waals surface area contributed by atoms with Crippen LogP contribution in [0.1, 0.15) is 6.42 Å². The number of hydrogen-bond donors (Lipinski definition) is 3. The molecular weight excluding hydrogens is 216 g/mol. The molecule has 90 valence electrons. The molecule has 3 heterocycles. The number of hydrogen-bond acceptors (Lipinski definition) is 5. The lowest BCUT2D eigenvalue weighted by molar-refractivity contribution is -0.118. The van der Waals surface area contributed by atoms with Gasteiger partial charge >= 0.3 is 0 Å². The van der Waals surface area contributed by atoms with Gasteiger partial charge in [0, 0.05) is 19.7 Å². The van der Waals surface area contributed by atoms with Crippen molar-refractivity contribution in [3.05, 3.63) is 35.7 Å². The Hall–Kier alpha value is -1.59. The fraction of sp³-hybridized carbons (Fsp3) is 0.417. The van der Waals surface area contributed by atoms with Crippen LogP contribution in [0.25, 0.3) is 0 Å². The van der Waals surface area contributed by atoms with Crippen LogP contribution in [0.2, 0.25) is 0 Å². The molecule has 3 N–H and O–H groups in total. The predicted molar refractivity (Wildman–Crippen MR) is 64.5 cm³/mol. The second-order valence-electron chi connectivity index (χ2n) is 4.46. The molecule has 5 nitrogen and oxygen atoms in total. The fourth-order valence-corrected chi connectivity index (χ4v) is 2.63. The van der Waals surface area contributed by atoms with Gasteiger partial charge in [-0.2, -0.15) is 0 Å². The Morgan fingerprint density at radius 3 is 3.24 bits per heavy atom. The number of carbonyl (C=O) groups is 1. The minimum Gasteiger partial charge on any atom is -0.367 e. The molecule has 1 fully saturated rings. The van der Waals surface area contributed by atoms with E-state index in [1.54, 1.807) is 0 Å². The molecule has 0 aromatic rings. The third-order valence-corrected chi connectivity index (χ3v) is 3.40. The molecule has 0 radical (unpaired) electrons. The Kier molecular flexibility index (Phi) is 2.49. The Morgan fingerprint density at radius 2 is 2.41 bits per heavy atom. The molecule has 2 atom stereocenters. The Labute approximate surface area is 100 Å². The van der Waals surface area contributed by atoms with Crippen molar-refractivity contribution in [3.63, 3.8) is 0 Å². The maximum absolute atomic E-state index is 11.5. The summed E-state index contributed by atoms with van der Waals surface area (Å²) in [5, 5.41) is 8.61. The van der Waals surface area contributed by atoms with Crippen LogP contribution in [0, 0.1) is 0 Å². The summed E-state index contributed by atoms with van der Waals surface area (Å²) in [6.07, 6.45) is 8.75. The van der Waals surface area contributed by atoms with Gasteiger partial charge in [-0.3, -0.25) is 15.1 Å². The minimum absolute atomic E-state index is 0.124. The van der Waals surface area contributed by atoms with Crippen LogP contribution < -0.4 is 16.1 Å². The number of allylic oxidation sites excluding steroid dienone is 2. The first-order chi connectivity index (χ1) is 8.29. The maximum atomic E-state index is 11.5. The molecule has 0 aliphatic carbocycles. The maximum Gasteiger partial charge on any atom is 0.150 e. The molecule has 3 aliphatic heterocycles. The number of hydrazine groups is 1. The number of fused-ring (bicyclic) bond motifs is 3. The van der Waals surface area contributed by atoms with E-state index in [1.807, 2.05) is 30.5 Å². The summed E-state index contributed by atoms with van der Waals surface area (Å²) in [7, 11) is 1.88. The second-order valence-corrected chi connectivity index (χ2v) is 4.46. The quantitative estimate of drug-likeness (QED) is 0.575. The Morgan fingerprint density at radius 1 is 1.53 bits per heavy atom. The average Bonchev–Trinajstić information content (AvgIpc) is 2.37. The lowest BCUT2D eigenvalue weighted by Crippen LogP contribution is -2.58. The van der Waals surface area contributed by atoms with E-state index in [4.69, 9.17) is 0 Å². The third-order valence-electron chi connectivity index (χ3n) is 3.40. The van der Waals surface area contributed by atoms with Gasteiger partial charge in [-0.05, 0) is 23.4 Å². The molecule has 2 unspecified atom stereocenters. The van der Waals surface area contributed by atoms with Crippen LogP contribution in [0.3, 0.4) is 0 Å². The largest absolute Gasteiger partial charge is 0.367 e. The lowest BCUT2D eigenvalue weighted by Gasteiger charge is -2.43. The fourth-order valence-electron chi connectivity index (χ4n) is 2.63. The summed E-state index contributed by atoms with van der Waals surface area (Å²) in [6, 6.07) is 0.194. The molecule has 0 aromatic carbocycles. The van der Waals surface area contributed by atoms with Crippen molar-refractivity contribution >= 4 is 5.78 Å². The van der Waals surface area contributed by atoms with Crippen molar-refractivity contribution < 1.29 is 4.79 Å². The number of carbonyl (C=O) groups excluding carboxylic acids is 1. The SMILES string of the molecule is CNN1C=C2CC(=O)CNC2C2=CC=CNC21. The summed E-state index contributed by atoms with van der Waals surface area (Å²) in [5.74, 6) is 0.252. The van der Waals surface area contributed by atoms with Gasteiger partial charge in [-0.15, -0.1) is 0 Å². The van der Waals surface area contributed by atoms with Gasteiger partial charge in [0.05, 0.1) is 12.6 Å². The molecule has 5 heteroatoms. The molecule has 3 aliphatic rings. The smallest absolute Gasteiger partial charge is 0.150 e.